The summed E-state index contributed by atoms with van der Waals surface area (Å²) >= 11 is 0. The fraction of sp³-hybridized carbons (Fsp3) is 1.00. The number of ether oxygens (including phenoxy) is 2. The maximum Gasteiger partial charge on any atom is 0.0939 e. The first-order valence-corrected chi connectivity index (χ1v) is 9.19. The van der Waals surface area contributed by atoms with Gasteiger partial charge in [-0.25, -0.2) is 0 Å². The minimum absolute atomic E-state index is 0.0458. The van der Waals surface area contributed by atoms with Crippen molar-refractivity contribution in [1.29, 1.82) is 0 Å². The monoisotopic (exact) mass is 295 g/mol. The molecule has 3 heteroatoms. The third kappa shape index (κ3) is 3.02. The van der Waals surface area contributed by atoms with Crippen LogP contribution in [0.15, 0.2) is 0 Å². The van der Waals surface area contributed by atoms with Crippen LogP contribution >= 0.6 is 0 Å². The number of hydrogen-bond acceptors (Lipinski definition) is 3. The summed E-state index contributed by atoms with van der Waals surface area (Å²) in [6, 6.07) is 0.677. The molecule has 0 bridgehead atoms. The quantitative estimate of drug-likeness (QED) is 0.842. The van der Waals surface area contributed by atoms with E-state index in [4.69, 9.17) is 9.47 Å². The lowest BCUT2D eigenvalue weighted by Crippen LogP contribution is -2.53. The van der Waals surface area contributed by atoms with Crippen LogP contribution in [0.25, 0.3) is 0 Å². The summed E-state index contributed by atoms with van der Waals surface area (Å²) in [5, 5.41) is 3.90. The number of rotatable bonds is 5. The first-order valence-electron chi connectivity index (χ1n) is 9.19. The van der Waals surface area contributed by atoms with Crippen molar-refractivity contribution in [1.82, 2.24) is 5.32 Å². The third-order valence-corrected chi connectivity index (χ3v) is 6.46. The molecule has 0 aromatic heterocycles. The minimum Gasteiger partial charge on any atom is -0.378 e. The van der Waals surface area contributed by atoms with Gasteiger partial charge in [0.1, 0.15) is 0 Å². The fourth-order valence-electron chi connectivity index (χ4n) is 5.28. The lowest BCUT2D eigenvalue weighted by atomic mass is 9.67. The highest BCUT2D eigenvalue weighted by Crippen LogP contribution is 2.49. The van der Waals surface area contributed by atoms with E-state index in [1.807, 2.05) is 0 Å². The Bertz CT molecular complexity index is 332. The highest BCUT2D eigenvalue weighted by Gasteiger charge is 2.48. The van der Waals surface area contributed by atoms with Crippen LogP contribution in [0.1, 0.15) is 65.2 Å². The molecule has 1 N–H and O–H groups in total. The Morgan fingerprint density at radius 2 is 1.95 bits per heavy atom. The molecule has 2 saturated heterocycles. The number of hydrogen-bond donors (Lipinski definition) is 1. The van der Waals surface area contributed by atoms with E-state index >= 15 is 0 Å². The van der Waals surface area contributed by atoms with E-state index in [2.05, 4.69) is 19.2 Å². The van der Waals surface area contributed by atoms with Gasteiger partial charge in [0, 0.05) is 25.7 Å². The summed E-state index contributed by atoms with van der Waals surface area (Å²) in [4.78, 5) is 0. The number of nitrogens with one attached hydrogen (secondary N) is 1. The Morgan fingerprint density at radius 1 is 1.14 bits per heavy atom. The Labute approximate surface area is 130 Å². The molecular weight excluding hydrogens is 262 g/mol. The van der Waals surface area contributed by atoms with E-state index in [0.29, 0.717) is 11.5 Å². The SMILES string of the molecule is CCNC(C1CCOC2(CCOC2)C1)C1(CC)CCCC1. The second-order valence-electron chi connectivity index (χ2n) is 7.55. The molecular formula is C18H33NO2. The van der Waals surface area contributed by atoms with Crippen LogP contribution in [0.5, 0.6) is 0 Å². The topological polar surface area (TPSA) is 30.5 Å². The summed E-state index contributed by atoms with van der Waals surface area (Å²) in [7, 11) is 0. The summed E-state index contributed by atoms with van der Waals surface area (Å²) in [5.74, 6) is 0.762. The van der Waals surface area contributed by atoms with Gasteiger partial charge in [0.15, 0.2) is 0 Å². The molecule has 0 aromatic rings. The Kier molecular flexibility index (Phi) is 4.92. The van der Waals surface area contributed by atoms with Gasteiger partial charge in [0.2, 0.25) is 0 Å². The van der Waals surface area contributed by atoms with E-state index in [-0.39, 0.29) is 5.60 Å². The van der Waals surface area contributed by atoms with Gasteiger partial charge < -0.3 is 14.8 Å². The Balaban J connectivity index is 1.76. The van der Waals surface area contributed by atoms with Crippen LogP contribution in [-0.4, -0.2) is 38.0 Å². The molecule has 0 amide bonds. The molecule has 3 aliphatic rings. The van der Waals surface area contributed by atoms with Crippen molar-refractivity contribution >= 4 is 0 Å². The molecule has 122 valence electrons. The van der Waals surface area contributed by atoms with Gasteiger partial charge in [0.05, 0.1) is 12.2 Å². The molecule has 2 heterocycles. The molecule has 1 spiro atoms. The lowest BCUT2D eigenvalue weighted by Gasteiger charge is -2.47. The van der Waals surface area contributed by atoms with E-state index in [1.54, 1.807) is 0 Å². The zero-order valence-corrected chi connectivity index (χ0v) is 14.0. The molecule has 3 fully saturated rings. The summed E-state index contributed by atoms with van der Waals surface area (Å²) in [6.07, 6.45) is 10.5. The molecule has 0 aromatic carbocycles. The van der Waals surface area contributed by atoms with Crippen molar-refractivity contribution in [2.45, 2.75) is 76.9 Å². The highest BCUT2D eigenvalue weighted by atomic mass is 16.6. The Hall–Kier alpha value is -0.120. The van der Waals surface area contributed by atoms with Crippen molar-refractivity contribution in [3.63, 3.8) is 0 Å². The fourth-order valence-corrected chi connectivity index (χ4v) is 5.28. The summed E-state index contributed by atoms with van der Waals surface area (Å²) in [6.45, 7) is 8.39. The largest absolute Gasteiger partial charge is 0.378 e. The molecule has 2 aliphatic heterocycles. The van der Waals surface area contributed by atoms with Gasteiger partial charge in [-0.05, 0) is 50.0 Å². The molecule has 3 unspecified atom stereocenters. The van der Waals surface area contributed by atoms with Crippen molar-refractivity contribution < 1.29 is 9.47 Å². The van der Waals surface area contributed by atoms with Crippen LogP contribution in [-0.2, 0) is 9.47 Å². The predicted molar refractivity (Wildman–Crippen MR) is 85.5 cm³/mol. The molecule has 1 aliphatic carbocycles. The van der Waals surface area contributed by atoms with Gasteiger partial charge in [-0.2, -0.15) is 0 Å². The predicted octanol–water partition coefficient (Wildman–Crippen LogP) is 3.52. The molecule has 21 heavy (non-hydrogen) atoms. The molecule has 3 nitrogen and oxygen atoms in total. The smallest absolute Gasteiger partial charge is 0.0939 e. The lowest BCUT2D eigenvalue weighted by molar-refractivity contribution is -0.110. The first-order chi connectivity index (χ1) is 10.2. The summed E-state index contributed by atoms with van der Waals surface area (Å²) in [5.41, 5.74) is 0.586. The van der Waals surface area contributed by atoms with Crippen molar-refractivity contribution in [2.24, 2.45) is 11.3 Å². The average molecular weight is 295 g/mol. The second-order valence-corrected chi connectivity index (χ2v) is 7.55. The maximum absolute atomic E-state index is 6.16. The molecule has 1 saturated carbocycles. The van der Waals surface area contributed by atoms with Crippen LogP contribution in [0.3, 0.4) is 0 Å². The standard InChI is InChI=1S/C18H33NO2/c1-3-17(8-5-6-9-17)16(19-4-2)15-7-11-21-18(13-15)10-12-20-14-18/h15-16,19H,3-14H2,1-2H3. The van der Waals surface area contributed by atoms with Crippen LogP contribution in [0, 0.1) is 11.3 Å². The summed E-state index contributed by atoms with van der Waals surface area (Å²) < 4.78 is 11.8. The zero-order chi connectivity index (χ0) is 14.8. The zero-order valence-electron chi connectivity index (χ0n) is 14.0. The van der Waals surface area contributed by atoms with Crippen molar-refractivity contribution in [3.8, 4) is 0 Å². The third-order valence-electron chi connectivity index (χ3n) is 6.46. The average Bonchev–Trinajstić information content (AvgIpc) is 3.15. The van der Waals surface area contributed by atoms with Gasteiger partial charge in [-0.1, -0.05) is 26.7 Å². The van der Waals surface area contributed by atoms with Gasteiger partial charge in [0.25, 0.3) is 0 Å². The van der Waals surface area contributed by atoms with E-state index < -0.39 is 0 Å². The molecule has 3 atom stereocenters. The van der Waals surface area contributed by atoms with Crippen LogP contribution in [0.4, 0.5) is 0 Å². The van der Waals surface area contributed by atoms with E-state index in [0.717, 1.165) is 38.7 Å². The second kappa shape index (κ2) is 6.55. The maximum atomic E-state index is 6.16. The Morgan fingerprint density at radius 3 is 2.57 bits per heavy atom. The van der Waals surface area contributed by atoms with Crippen LogP contribution < -0.4 is 5.32 Å². The highest BCUT2D eigenvalue weighted by molar-refractivity contribution is 5.01. The van der Waals surface area contributed by atoms with Crippen LogP contribution in [0.2, 0.25) is 0 Å². The van der Waals surface area contributed by atoms with Gasteiger partial charge in [-0.3, -0.25) is 0 Å². The minimum atomic E-state index is 0.0458. The molecule has 3 rings (SSSR count). The van der Waals surface area contributed by atoms with Gasteiger partial charge >= 0.3 is 0 Å². The van der Waals surface area contributed by atoms with E-state index in [9.17, 15) is 0 Å². The van der Waals surface area contributed by atoms with Crippen molar-refractivity contribution in [2.75, 3.05) is 26.4 Å². The first kappa shape index (κ1) is 15.8. The molecule has 0 radical (unpaired) electrons. The van der Waals surface area contributed by atoms with E-state index in [1.165, 1.54) is 44.9 Å². The van der Waals surface area contributed by atoms with Gasteiger partial charge in [-0.15, -0.1) is 0 Å². The van der Waals surface area contributed by atoms with Crippen molar-refractivity contribution in [3.05, 3.63) is 0 Å². The normalized spacial score (nSPS) is 37.1.